The van der Waals surface area contributed by atoms with Crippen molar-refractivity contribution in [1.82, 2.24) is 20.3 Å². The molecule has 2 aromatic heterocycles. The number of benzene rings is 1. The van der Waals surface area contributed by atoms with Crippen LogP contribution in [-0.2, 0) is 6.54 Å². The Labute approximate surface area is 132 Å². The fraction of sp³-hybridized carbons (Fsp3) is 0.188. The predicted octanol–water partition coefficient (Wildman–Crippen LogP) is 3.08. The summed E-state index contributed by atoms with van der Waals surface area (Å²) in [4.78, 5) is 24.6. The number of hydrogen-bond acceptors (Lipinski definition) is 4. The Morgan fingerprint density at radius 2 is 2.05 bits per heavy atom. The predicted molar refractivity (Wildman–Crippen MR) is 86.8 cm³/mol. The Hall–Kier alpha value is -2.47. The van der Waals surface area contributed by atoms with E-state index in [4.69, 9.17) is 0 Å². The molecule has 0 saturated carbocycles. The minimum absolute atomic E-state index is 0.110. The first kappa shape index (κ1) is 14.5. The van der Waals surface area contributed by atoms with Gasteiger partial charge in [-0.3, -0.25) is 4.79 Å². The van der Waals surface area contributed by atoms with E-state index in [-0.39, 0.29) is 5.91 Å². The molecule has 2 N–H and O–H groups in total. The smallest absolute Gasteiger partial charge is 0.263 e. The largest absolute Gasteiger partial charge is 0.344 e. The molecule has 0 radical (unpaired) electrons. The first-order chi connectivity index (χ1) is 10.6. The first-order valence-corrected chi connectivity index (χ1v) is 7.76. The third-order valence-corrected chi connectivity index (χ3v) is 4.31. The van der Waals surface area contributed by atoms with Crippen molar-refractivity contribution in [2.24, 2.45) is 0 Å². The Bertz CT molecular complexity index is 792. The van der Waals surface area contributed by atoms with Gasteiger partial charge in [0.05, 0.1) is 29.1 Å². The van der Waals surface area contributed by atoms with Gasteiger partial charge in [-0.1, -0.05) is 30.3 Å². The molecule has 0 aliphatic heterocycles. The van der Waals surface area contributed by atoms with E-state index in [0.29, 0.717) is 11.4 Å². The summed E-state index contributed by atoms with van der Waals surface area (Å²) in [6, 6.07) is 9.96. The Morgan fingerprint density at radius 1 is 1.27 bits per heavy atom. The summed E-state index contributed by atoms with van der Waals surface area (Å²) in [7, 11) is 0. The van der Waals surface area contributed by atoms with Crippen LogP contribution in [0.2, 0.25) is 0 Å². The zero-order valence-electron chi connectivity index (χ0n) is 12.4. The van der Waals surface area contributed by atoms with Crippen molar-refractivity contribution in [2.75, 3.05) is 0 Å². The van der Waals surface area contributed by atoms with E-state index in [1.165, 1.54) is 11.3 Å². The molecule has 3 rings (SSSR count). The van der Waals surface area contributed by atoms with Crippen LogP contribution in [0.15, 0.2) is 36.5 Å². The summed E-state index contributed by atoms with van der Waals surface area (Å²) < 4.78 is 0. The molecule has 3 aromatic rings. The zero-order valence-corrected chi connectivity index (χ0v) is 13.2. The standard InChI is InChI=1S/C16H16N4OS/c1-10-15(22-11(2)19-10)16(21)18-9-14-17-8-13(20-14)12-6-4-3-5-7-12/h3-8H,9H2,1-2H3,(H,17,20)(H,18,21). The van der Waals surface area contributed by atoms with E-state index in [9.17, 15) is 4.79 Å². The van der Waals surface area contributed by atoms with Crippen molar-refractivity contribution >= 4 is 17.2 Å². The highest BCUT2D eigenvalue weighted by atomic mass is 32.1. The molecule has 0 unspecified atom stereocenters. The van der Waals surface area contributed by atoms with Gasteiger partial charge in [0.15, 0.2) is 0 Å². The number of aromatic amines is 1. The average molecular weight is 312 g/mol. The Morgan fingerprint density at radius 3 is 2.73 bits per heavy atom. The number of nitrogens with one attached hydrogen (secondary N) is 2. The summed E-state index contributed by atoms with van der Waals surface area (Å²) in [5.41, 5.74) is 2.78. The highest BCUT2D eigenvalue weighted by molar-refractivity contribution is 7.13. The van der Waals surface area contributed by atoms with Crippen LogP contribution in [0.3, 0.4) is 0 Å². The molecule has 0 fully saturated rings. The normalized spacial score (nSPS) is 10.6. The van der Waals surface area contributed by atoms with Crippen molar-refractivity contribution in [3.8, 4) is 11.3 Å². The molecule has 0 bridgehead atoms. The maximum Gasteiger partial charge on any atom is 0.263 e. The fourth-order valence-electron chi connectivity index (χ4n) is 2.20. The SMILES string of the molecule is Cc1nc(C)c(C(=O)NCc2ncc(-c3ccccc3)[nH]2)s1. The fourth-order valence-corrected chi connectivity index (χ4v) is 3.04. The van der Waals surface area contributed by atoms with E-state index in [1.807, 2.05) is 44.2 Å². The summed E-state index contributed by atoms with van der Waals surface area (Å²) >= 11 is 1.41. The lowest BCUT2D eigenvalue weighted by Gasteiger charge is -2.01. The number of aryl methyl sites for hydroxylation is 2. The van der Waals surface area contributed by atoms with Gasteiger partial charge < -0.3 is 10.3 Å². The van der Waals surface area contributed by atoms with Gasteiger partial charge in [0.2, 0.25) is 0 Å². The monoisotopic (exact) mass is 312 g/mol. The molecule has 1 amide bonds. The van der Waals surface area contributed by atoms with Gasteiger partial charge in [-0.25, -0.2) is 9.97 Å². The van der Waals surface area contributed by atoms with Gasteiger partial charge >= 0.3 is 0 Å². The van der Waals surface area contributed by atoms with E-state index in [1.54, 1.807) is 6.20 Å². The second-order valence-corrected chi connectivity index (χ2v) is 6.14. The van der Waals surface area contributed by atoms with Gasteiger partial charge in [-0.05, 0) is 19.4 Å². The van der Waals surface area contributed by atoms with E-state index >= 15 is 0 Å². The summed E-state index contributed by atoms with van der Waals surface area (Å²) in [6.07, 6.45) is 1.78. The van der Waals surface area contributed by atoms with Crippen LogP contribution in [-0.4, -0.2) is 20.9 Å². The number of thiazole rings is 1. The Balaban J connectivity index is 1.66. The van der Waals surface area contributed by atoms with Crippen molar-refractivity contribution in [2.45, 2.75) is 20.4 Å². The molecular weight excluding hydrogens is 296 g/mol. The van der Waals surface area contributed by atoms with Gasteiger partial charge in [-0.15, -0.1) is 11.3 Å². The number of carbonyl (C=O) groups is 1. The highest BCUT2D eigenvalue weighted by Gasteiger charge is 2.14. The molecule has 2 heterocycles. The molecule has 0 saturated heterocycles. The van der Waals surface area contributed by atoms with Crippen molar-refractivity contribution in [1.29, 1.82) is 0 Å². The molecule has 22 heavy (non-hydrogen) atoms. The quantitative estimate of drug-likeness (QED) is 0.777. The minimum atomic E-state index is -0.110. The summed E-state index contributed by atoms with van der Waals surface area (Å²) in [5, 5.41) is 3.77. The van der Waals surface area contributed by atoms with Gasteiger partial charge in [0, 0.05) is 0 Å². The van der Waals surface area contributed by atoms with E-state index in [0.717, 1.165) is 27.8 Å². The highest BCUT2D eigenvalue weighted by Crippen LogP contribution is 2.18. The number of nitrogens with zero attached hydrogens (tertiary/aromatic N) is 2. The molecule has 6 heteroatoms. The topological polar surface area (TPSA) is 70.7 Å². The number of rotatable bonds is 4. The molecule has 1 aromatic carbocycles. The number of carbonyl (C=O) groups excluding carboxylic acids is 1. The van der Waals surface area contributed by atoms with Crippen LogP contribution in [0.5, 0.6) is 0 Å². The van der Waals surface area contributed by atoms with Gasteiger partial charge in [0.25, 0.3) is 5.91 Å². The van der Waals surface area contributed by atoms with Crippen LogP contribution < -0.4 is 5.32 Å². The molecule has 5 nitrogen and oxygen atoms in total. The molecule has 0 aliphatic carbocycles. The van der Waals surface area contributed by atoms with Crippen LogP contribution in [0.25, 0.3) is 11.3 Å². The maximum atomic E-state index is 12.1. The molecule has 112 valence electrons. The maximum absolute atomic E-state index is 12.1. The van der Waals surface area contributed by atoms with Crippen LogP contribution in [0.4, 0.5) is 0 Å². The lowest BCUT2D eigenvalue weighted by atomic mass is 10.2. The molecule has 0 atom stereocenters. The minimum Gasteiger partial charge on any atom is -0.344 e. The third-order valence-electron chi connectivity index (χ3n) is 3.24. The zero-order chi connectivity index (χ0) is 15.5. The van der Waals surface area contributed by atoms with E-state index in [2.05, 4.69) is 20.3 Å². The lowest BCUT2D eigenvalue weighted by molar-refractivity contribution is 0.0953. The van der Waals surface area contributed by atoms with Crippen LogP contribution >= 0.6 is 11.3 Å². The van der Waals surface area contributed by atoms with Crippen LogP contribution in [0, 0.1) is 13.8 Å². The number of amides is 1. The second-order valence-electron chi connectivity index (χ2n) is 4.94. The number of hydrogen-bond donors (Lipinski definition) is 2. The number of H-pyrrole nitrogens is 1. The van der Waals surface area contributed by atoms with E-state index < -0.39 is 0 Å². The number of aromatic nitrogens is 3. The third kappa shape index (κ3) is 3.07. The van der Waals surface area contributed by atoms with Crippen molar-refractivity contribution < 1.29 is 4.79 Å². The van der Waals surface area contributed by atoms with Crippen LogP contribution in [0.1, 0.15) is 26.2 Å². The van der Waals surface area contributed by atoms with Crippen molar-refractivity contribution in [3.05, 3.63) is 57.9 Å². The summed E-state index contributed by atoms with van der Waals surface area (Å²) in [6.45, 7) is 4.11. The van der Waals surface area contributed by atoms with Gasteiger partial charge in [-0.2, -0.15) is 0 Å². The Kier molecular flexibility index (Phi) is 4.02. The molecular formula is C16H16N4OS. The summed E-state index contributed by atoms with van der Waals surface area (Å²) in [5.74, 6) is 0.617. The average Bonchev–Trinajstić information content (AvgIpc) is 3.12. The second kappa shape index (κ2) is 6.11. The van der Waals surface area contributed by atoms with Gasteiger partial charge in [0.1, 0.15) is 10.7 Å². The first-order valence-electron chi connectivity index (χ1n) is 6.95. The molecule has 0 spiro atoms. The molecule has 0 aliphatic rings. The number of imidazole rings is 1. The lowest BCUT2D eigenvalue weighted by Crippen LogP contribution is -2.23. The van der Waals surface area contributed by atoms with Crippen molar-refractivity contribution in [3.63, 3.8) is 0 Å².